The molecule has 0 unspecified atom stereocenters. The van der Waals surface area contributed by atoms with Gasteiger partial charge in [0.1, 0.15) is 0 Å². The van der Waals surface area contributed by atoms with E-state index in [0.717, 1.165) is 19.3 Å². The van der Waals surface area contributed by atoms with Crippen LogP contribution in [0.3, 0.4) is 0 Å². The molecule has 0 radical (unpaired) electrons. The van der Waals surface area contributed by atoms with Crippen LogP contribution in [-0.4, -0.2) is 38.0 Å². The fraction of sp³-hybridized carbons (Fsp3) is 0.625. The van der Waals surface area contributed by atoms with E-state index in [1.165, 1.54) is 17.5 Å². The number of fused-ring (bicyclic) bond motifs is 1. The first-order valence-corrected chi connectivity index (χ1v) is 9.18. The Morgan fingerprint density at radius 1 is 1.05 bits per heavy atom. The van der Waals surface area contributed by atoms with E-state index in [9.17, 15) is 8.42 Å². The van der Waals surface area contributed by atoms with Crippen LogP contribution in [-0.2, 0) is 27.6 Å². The van der Waals surface area contributed by atoms with Crippen molar-refractivity contribution in [3.8, 4) is 0 Å². The molecule has 3 rings (SSSR count). The summed E-state index contributed by atoms with van der Waals surface area (Å²) in [5, 5.41) is 0. The number of sulfonamides is 1. The lowest BCUT2D eigenvalue weighted by atomic mass is 9.92. The maximum absolute atomic E-state index is 12.8. The zero-order valence-electron chi connectivity index (χ0n) is 12.7. The summed E-state index contributed by atoms with van der Waals surface area (Å²) in [6.07, 6.45) is 4.32. The van der Waals surface area contributed by atoms with Gasteiger partial charge in [0, 0.05) is 13.1 Å². The van der Waals surface area contributed by atoms with E-state index in [1.807, 2.05) is 26.0 Å². The maximum Gasteiger partial charge on any atom is 0.243 e. The quantitative estimate of drug-likeness (QED) is 0.842. The number of morpholine rings is 1. The first kappa shape index (κ1) is 15.0. The molecule has 4 nitrogen and oxygen atoms in total. The fourth-order valence-electron chi connectivity index (χ4n) is 3.35. The molecule has 1 aliphatic carbocycles. The molecule has 0 spiro atoms. The summed E-state index contributed by atoms with van der Waals surface area (Å²) in [5.41, 5.74) is 2.51. The minimum Gasteiger partial charge on any atom is -0.373 e. The lowest BCUT2D eigenvalue weighted by molar-refractivity contribution is -0.0440. The molecule has 0 aromatic heterocycles. The SMILES string of the molecule is C[C@H]1CN(S(=O)(=O)c2ccc3c(c2)CCCC3)C[C@H](C)O1. The van der Waals surface area contributed by atoms with Gasteiger partial charge in [-0.3, -0.25) is 0 Å². The highest BCUT2D eigenvalue weighted by atomic mass is 32.2. The van der Waals surface area contributed by atoms with Gasteiger partial charge in [0.15, 0.2) is 0 Å². The molecule has 21 heavy (non-hydrogen) atoms. The number of hydrogen-bond acceptors (Lipinski definition) is 3. The van der Waals surface area contributed by atoms with Crippen LogP contribution in [0, 0.1) is 0 Å². The molecular formula is C16H23NO3S. The van der Waals surface area contributed by atoms with Gasteiger partial charge >= 0.3 is 0 Å². The van der Waals surface area contributed by atoms with Crippen molar-refractivity contribution in [1.29, 1.82) is 0 Å². The van der Waals surface area contributed by atoms with Crippen LogP contribution in [0.15, 0.2) is 23.1 Å². The minimum atomic E-state index is -3.41. The fourth-order valence-corrected chi connectivity index (χ4v) is 4.99. The van der Waals surface area contributed by atoms with Gasteiger partial charge in [0.05, 0.1) is 17.1 Å². The predicted octanol–water partition coefficient (Wildman–Crippen LogP) is 2.36. The molecule has 0 bridgehead atoms. The predicted molar refractivity (Wildman–Crippen MR) is 81.9 cm³/mol. The van der Waals surface area contributed by atoms with Crippen molar-refractivity contribution in [2.24, 2.45) is 0 Å². The van der Waals surface area contributed by atoms with Gasteiger partial charge in [-0.1, -0.05) is 6.07 Å². The van der Waals surface area contributed by atoms with E-state index < -0.39 is 10.0 Å². The van der Waals surface area contributed by atoms with E-state index in [2.05, 4.69) is 0 Å². The van der Waals surface area contributed by atoms with Crippen LogP contribution in [0.2, 0.25) is 0 Å². The zero-order valence-corrected chi connectivity index (χ0v) is 13.5. The zero-order chi connectivity index (χ0) is 15.0. The summed E-state index contributed by atoms with van der Waals surface area (Å²) >= 11 is 0. The average Bonchev–Trinajstić information content (AvgIpc) is 2.45. The Balaban J connectivity index is 1.91. The van der Waals surface area contributed by atoms with E-state index in [4.69, 9.17) is 4.74 Å². The van der Waals surface area contributed by atoms with Crippen molar-refractivity contribution in [2.75, 3.05) is 13.1 Å². The molecule has 1 aromatic rings. The Bertz CT molecular complexity index is 616. The lowest BCUT2D eigenvalue weighted by Gasteiger charge is -2.34. The molecule has 1 saturated heterocycles. The molecular weight excluding hydrogens is 286 g/mol. The second-order valence-electron chi connectivity index (χ2n) is 6.22. The van der Waals surface area contributed by atoms with Gasteiger partial charge in [-0.05, 0) is 62.8 Å². The topological polar surface area (TPSA) is 46.6 Å². The molecule has 116 valence electrons. The first-order chi connectivity index (χ1) is 9.96. The Labute approximate surface area is 127 Å². The second kappa shape index (κ2) is 5.71. The Hall–Kier alpha value is -0.910. The molecule has 2 atom stereocenters. The number of rotatable bonds is 2. The van der Waals surface area contributed by atoms with E-state index in [-0.39, 0.29) is 12.2 Å². The van der Waals surface area contributed by atoms with Gasteiger partial charge in [-0.2, -0.15) is 4.31 Å². The third-order valence-corrected chi connectivity index (χ3v) is 6.17. The van der Waals surface area contributed by atoms with E-state index in [1.54, 1.807) is 10.4 Å². The van der Waals surface area contributed by atoms with Crippen molar-refractivity contribution < 1.29 is 13.2 Å². The summed E-state index contributed by atoms with van der Waals surface area (Å²) < 4.78 is 32.9. The Morgan fingerprint density at radius 2 is 1.67 bits per heavy atom. The maximum atomic E-state index is 12.8. The summed E-state index contributed by atoms with van der Waals surface area (Å²) in [4.78, 5) is 0.435. The minimum absolute atomic E-state index is 0.0545. The monoisotopic (exact) mass is 309 g/mol. The third kappa shape index (κ3) is 3.00. The summed E-state index contributed by atoms with van der Waals surface area (Å²) in [7, 11) is -3.41. The van der Waals surface area contributed by atoms with Crippen LogP contribution in [0.4, 0.5) is 0 Å². The number of nitrogens with zero attached hydrogens (tertiary/aromatic N) is 1. The van der Waals surface area contributed by atoms with Crippen LogP contribution >= 0.6 is 0 Å². The van der Waals surface area contributed by atoms with Gasteiger partial charge in [-0.25, -0.2) is 8.42 Å². The number of hydrogen-bond donors (Lipinski definition) is 0. The molecule has 2 aliphatic rings. The average molecular weight is 309 g/mol. The van der Waals surface area contributed by atoms with Crippen molar-refractivity contribution in [3.63, 3.8) is 0 Å². The normalized spacial score (nSPS) is 27.3. The largest absolute Gasteiger partial charge is 0.373 e. The molecule has 1 heterocycles. The summed E-state index contributed by atoms with van der Waals surface area (Å²) in [6.45, 7) is 4.71. The second-order valence-corrected chi connectivity index (χ2v) is 8.15. The highest BCUT2D eigenvalue weighted by Crippen LogP contribution is 2.27. The van der Waals surface area contributed by atoms with Gasteiger partial charge in [0.2, 0.25) is 10.0 Å². The van der Waals surface area contributed by atoms with Crippen LogP contribution < -0.4 is 0 Å². The number of benzene rings is 1. The van der Waals surface area contributed by atoms with Gasteiger partial charge in [0.25, 0.3) is 0 Å². The molecule has 1 aromatic carbocycles. The molecule has 0 amide bonds. The van der Waals surface area contributed by atoms with Crippen molar-refractivity contribution in [1.82, 2.24) is 4.31 Å². The van der Waals surface area contributed by atoms with Gasteiger partial charge < -0.3 is 4.74 Å². The molecule has 0 N–H and O–H groups in total. The molecule has 0 saturated carbocycles. The summed E-state index contributed by atoms with van der Waals surface area (Å²) in [5.74, 6) is 0. The molecule has 1 fully saturated rings. The Kier molecular flexibility index (Phi) is 4.08. The van der Waals surface area contributed by atoms with Gasteiger partial charge in [-0.15, -0.1) is 0 Å². The van der Waals surface area contributed by atoms with Crippen LogP contribution in [0.25, 0.3) is 0 Å². The third-order valence-electron chi connectivity index (χ3n) is 4.34. The highest BCUT2D eigenvalue weighted by Gasteiger charge is 2.32. The Morgan fingerprint density at radius 3 is 2.33 bits per heavy atom. The smallest absolute Gasteiger partial charge is 0.243 e. The lowest BCUT2D eigenvalue weighted by Crippen LogP contribution is -2.48. The molecule has 5 heteroatoms. The molecule has 1 aliphatic heterocycles. The highest BCUT2D eigenvalue weighted by molar-refractivity contribution is 7.89. The van der Waals surface area contributed by atoms with Crippen molar-refractivity contribution >= 4 is 10.0 Å². The number of aryl methyl sites for hydroxylation is 2. The van der Waals surface area contributed by atoms with Crippen LogP contribution in [0.5, 0.6) is 0 Å². The summed E-state index contributed by atoms with van der Waals surface area (Å²) in [6, 6.07) is 5.65. The first-order valence-electron chi connectivity index (χ1n) is 7.74. The van der Waals surface area contributed by atoms with Crippen molar-refractivity contribution in [2.45, 2.75) is 56.6 Å². The number of ether oxygens (including phenoxy) is 1. The van der Waals surface area contributed by atoms with Crippen LogP contribution in [0.1, 0.15) is 37.8 Å². The van der Waals surface area contributed by atoms with Crippen molar-refractivity contribution in [3.05, 3.63) is 29.3 Å². The van der Waals surface area contributed by atoms with E-state index in [0.29, 0.717) is 18.0 Å². The standard InChI is InChI=1S/C16H23NO3S/c1-12-10-17(11-13(2)20-12)21(18,19)16-8-7-14-5-3-4-6-15(14)9-16/h7-9,12-13H,3-6,10-11H2,1-2H3/t12-,13-/m0/s1. The van der Waals surface area contributed by atoms with E-state index >= 15 is 0 Å².